The second-order valence-electron chi connectivity index (χ2n) is 7.77. The maximum Gasteiger partial charge on any atom is 0.233 e. The Kier molecular flexibility index (Phi) is 6.47. The predicted octanol–water partition coefficient (Wildman–Crippen LogP) is 4.57. The Balaban J connectivity index is 1.62. The topological polar surface area (TPSA) is 72.7 Å². The van der Waals surface area contributed by atoms with Crippen LogP contribution in [0.4, 0.5) is 0 Å². The lowest BCUT2D eigenvalue weighted by molar-refractivity contribution is -0.121. The van der Waals surface area contributed by atoms with Crippen LogP contribution < -0.4 is 5.32 Å². The molecule has 1 fully saturated rings. The van der Waals surface area contributed by atoms with Gasteiger partial charge in [-0.15, -0.1) is 10.2 Å². The first kappa shape index (κ1) is 20.6. The first-order valence-corrected chi connectivity index (χ1v) is 11.4. The molecular weight excluding hydrogens is 394 g/mol. The zero-order valence-electron chi connectivity index (χ0n) is 17.4. The van der Waals surface area contributed by atoms with Crippen molar-refractivity contribution in [1.29, 1.82) is 0 Å². The maximum absolute atomic E-state index is 12.8. The Labute approximate surface area is 181 Å². The van der Waals surface area contributed by atoms with Crippen LogP contribution in [0.5, 0.6) is 0 Å². The van der Waals surface area contributed by atoms with Crippen molar-refractivity contribution in [1.82, 2.24) is 25.1 Å². The molecule has 4 rings (SSSR count). The lowest BCUT2D eigenvalue weighted by Gasteiger charge is -2.24. The molecule has 0 radical (unpaired) electrons. The van der Waals surface area contributed by atoms with Crippen LogP contribution in [0.2, 0.25) is 0 Å². The molecule has 1 aliphatic rings. The van der Waals surface area contributed by atoms with E-state index < -0.39 is 0 Å². The zero-order chi connectivity index (χ0) is 20.9. The van der Waals surface area contributed by atoms with Gasteiger partial charge in [0.25, 0.3) is 0 Å². The zero-order valence-corrected chi connectivity index (χ0v) is 18.2. The molecule has 0 bridgehead atoms. The lowest BCUT2D eigenvalue weighted by atomic mass is 9.95. The minimum Gasteiger partial charge on any atom is -0.352 e. The number of aromatic nitrogens is 4. The lowest BCUT2D eigenvalue weighted by Crippen LogP contribution is -2.40. The van der Waals surface area contributed by atoms with Crippen molar-refractivity contribution in [3.8, 4) is 17.1 Å². The fraction of sp³-hybridized carbons (Fsp3) is 0.391. The number of nitrogens with zero attached hydrogens (tertiary/aromatic N) is 4. The van der Waals surface area contributed by atoms with Gasteiger partial charge in [0.2, 0.25) is 5.91 Å². The van der Waals surface area contributed by atoms with Gasteiger partial charge in [0.15, 0.2) is 11.0 Å². The second kappa shape index (κ2) is 9.43. The Morgan fingerprint density at radius 2 is 1.83 bits per heavy atom. The number of carbonyl (C=O) groups excluding carboxylic acids is 1. The van der Waals surface area contributed by atoms with Gasteiger partial charge >= 0.3 is 0 Å². The number of nitrogens with one attached hydrogen (secondary N) is 1. The molecule has 1 atom stereocenters. The molecule has 1 N–H and O–H groups in total. The number of rotatable bonds is 6. The molecule has 6 nitrogen and oxygen atoms in total. The normalized spacial score (nSPS) is 15.7. The SMILES string of the molecule is Cc1ccccc1-n1c(SC(C)C(=O)NC2CCCCC2)nnc1-c1ccncc1. The number of hydrogen-bond acceptors (Lipinski definition) is 5. The summed E-state index contributed by atoms with van der Waals surface area (Å²) in [7, 11) is 0. The Bertz CT molecular complexity index is 998. The Hall–Kier alpha value is -2.67. The van der Waals surface area contributed by atoms with Gasteiger partial charge in [0.05, 0.1) is 10.9 Å². The second-order valence-corrected chi connectivity index (χ2v) is 9.08. The van der Waals surface area contributed by atoms with Gasteiger partial charge in [-0.25, -0.2) is 0 Å². The van der Waals surface area contributed by atoms with Crippen molar-refractivity contribution in [2.45, 2.75) is 62.4 Å². The highest BCUT2D eigenvalue weighted by Gasteiger charge is 2.24. The highest BCUT2D eigenvalue weighted by Crippen LogP contribution is 2.31. The summed E-state index contributed by atoms with van der Waals surface area (Å²) in [5, 5.41) is 12.6. The van der Waals surface area contributed by atoms with Gasteiger partial charge in [0.1, 0.15) is 0 Å². The molecule has 1 aliphatic carbocycles. The van der Waals surface area contributed by atoms with Gasteiger partial charge in [-0.2, -0.15) is 0 Å². The molecular formula is C23H27N5OS. The fourth-order valence-corrected chi connectivity index (χ4v) is 4.71. The number of para-hydroxylation sites is 1. The summed E-state index contributed by atoms with van der Waals surface area (Å²) < 4.78 is 2.04. The minimum atomic E-state index is -0.260. The van der Waals surface area contributed by atoms with Crippen LogP contribution in [0.25, 0.3) is 17.1 Å². The highest BCUT2D eigenvalue weighted by molar-refractivity contribution is 8.00. The number of carbonyl (C=O) groups is 1. The number of pyridine rings is 1. The molecule has 156 valence electrons. The average Bonchev–Trinajstić information content (AvgIpc) is 3.18. The maximum atomic E-state index is 12.8. The average molecular weight is 422 g/mol. The first-order valence-electron chi connectivity index (χ1n) is 10.5. The predicted molar refractivity (Wildman–Crippen MR) is 120 cm³/mol. The quantitative estimate of drug-likeness (QED) is 0.591. The third kappa shape index (κ3) is 4.56. The van der Waals surface area contributed by atoms with Crippen LogP contribution >= 0.6 is 11.8 Å². The van der Waals surface area contributed by atoms with Crippen LogP contribution in [0.1, 0.15) is 44.6 Å². The van der Waals surface area contributed by atoms with Gasteiger partial charge in [0, 0.05) is 24.0 Å². The molecule has 1 aromatic carbocycles. The van der Waals surface area contributed by atoms with E-state index in [0.717, 1.165) is 35.5 Å². The van der Waals surface area contributed by atoms with Crippen molar-refractivity contribution in [3.63, 3.8) is 0 Å². The summed E-state index contributed by atoms with van der Waals surface area (Å²) in [5.74, 6) is 0.811. The Morgan fingerprint density at radius 1 is 1.10 bits per heavy atom. The van der Waals surface area contributed by atoms with Crippen molar-refractivity contribution in [2.24, 2.45) is 0 Å². The third-order valence-electron chi connectivity index (χ3n) is 5.53. The van der Waals surface area contributed by atoms with Gasteiger partial charge in [-0.3, -0.25) is 14.3 Å². The molecule has 1 saturated carbocycles. The van der Waals surface area contributed by atoms with Crippen molar-refractivity contribution >= 4 is 17.7 Å². The molecule has 1 amide bonds. The smallest absolute Gasteiger partial charge is 0.233 e. The minimum absolute atomic E-state index is 0.0664. The molecule has 0 saturated heterocycles. The molecule has 2 heterocycles. The van der Waals surface area contributed by atoms with E-state index in [9.17, 15) is 4.79 Å². The van der Waals surface area contributed by atoms with Crippen LogP contribution in [0.3, 0.4) is 0 Å². The summed E-state index contributed by atoms with van der Waals surface area (Å²) in [6.07, 6.45) is 9.32. The van der Waals surface area contributed by atoms with Gasteiger partial charge < -0.3 is 5.32 Å². The Morgan fingerprint density at radius 3 is 2.57 bits per heavy atom. The van der Waals surface area contributed by atoms with Crippen LogP contribution in [-0.4, -0.2) is 36.9 Å². The summed E-state index contributed by atoms with van der Waals surface area (Å²) >= 11 is 1.45. The van der Waals surface area contributed by atoms with Crippen molar-refractivity contribution in [2.75, 3.05) is 0 Å². The fourth-order valence-electron chi connectivity index (χ4n) is 3.84. The summed E-state index contributed by atoms with van der Waals surface area (Å²) in [6.45, 7) is 4.01. The third-order valence-corrected chi connectivity index (χ3v) is 6.57. The number of hydrogen-bond donors (Lipinski definition) is 1. The molecule has 30 heavy (non-hydrogen) atoms. The number of thioether (sulfide) groups is 1. The molecule has 7 heteroatoms. The number of amides is 1. The van der Waals surface area contributed by atoms with Gasteiger partial charge in [-0.1, -0.05) is 49.2 Å². The van der Waals surface area contributed by atoms with Gasteiger partial charge in [-0.05, 0) is 50.5 Å². The van der Waals surface area contributed by atoms with Crippen molar-refractivity contribution in [3.05, 3.63) is 54.4 Å². The molecule has 2 aromatic heterocycles. The van der Waals surface area contributed by atoms with Crippen LogP contribution in [0, 0.1) is 6.92 Å². The largest absolute Gasteiger partial charge is 0.352 e. The van der Waals surface area contributed by atoms with E-state index in [1.807, 2.05) is 35.8 Å². The summed E-state index contributed by atoms with van der Waals surface area (Å²) in [6, 6.07) is 12.3. The highest BCUT2D eigenvalue weighted by atomic mass is 32.2. The van der Waals surface area contributed by atoms with E-state index in [1.54, 1.807) is 12.4 Å². The van der Waals surface area contributed by atoms with Crippen molar-refractivity contribution < 1.29 is 4.79 Å². The van der Waals surface area contributed by atoms with Crippen LogP contribution in [-0.2, 0) is 4.79 Å². The van der Waals surface area contributed by atoms with E-state index in [2.05, 4.69) is 39.6 Å². The van der Waals surface area contributed by atoms with E-state index in [1.165, 1.54) is 31.0 Å². The molecule has 3 aromatic rings. The van der Waals surface area contributed by atoms with E-state index in [-0.39, 0.29) is 11.2 Å². The molecule has 0 spiro atoms. The van der Waals surface area contributed by atoms with E-state index >= 15 is 0 Å². The summed E-state index contributed by atoms with van der Waals surface area (Å²) in [5.41, 5.74) is 3.07. The standard InChI is InChI=1S/C23H27N5OS/c1-16-8-6-7-11-20(16)28-21(18-12-14-24-15-13-18)26-27-23(28)30-17(2)22(29)25-19-9-4-3-5-10-19/h6-8,11-15,17,19H,3-5,9-10H2,1-2H3,(H,25,29). The van der Waals surface area contributed by atoms with Crippen LogP contribution in [0.15, 0.2) is 53.9 Å². The monoisotopic (exact) mass is 421 g/mol. The summed E-state index contributed by atoms with van der Waals surface area (Å²) in [4.78, 5) is 16.9. The number of benzene rings is 1. The first-order chi connectivity index (χ1) is 14.6. The molecule has 1 unspecified atom stereocenters. The van der Waals surface area contributed by atoms with E-state index in [0.29, 0.717) is 11.2 Å². The van der Waals surface area contributed by atoms with E-state index in [4.69, 9.17) is 0 Å². The molecule has 0 aliphatic heterocycles. The number of aryl methyl sites for hydroxylation is 1.